The number of methoxy groups -OCH3 is 1. The molecule has 0 aliphatic carbocycles. The zero-order valence-electron chi connectivity index (χ0n) is 20.7. The van der Waals surface area contributed by atoms with E-state index in [0.717, 1.165) is 17.8 Å². The van der Waals surface area contributed by atoms with Crippen molar-refractivity contribution < 1.29 is 29.0 Å². The van der Waals surface area contributed by atoms with Gasteiger partial charge in [0, 0.05) is 10.6 Å². The molecule has 4 rings (SSSR count). The second-order valence-corrected chi connectivity index (χ2v) is 9.87. The van der Waals surface area contributed by atoms with Crippen LogP contribution < -0.4 is 9.64 Å². The van der Waals surface area contributed by atoms with Gasteiger partial charge in [-0.3, -0.25) is 14.5 Å². The van der Waals surface area contributed by atoms with Gasteiger partial charge in [0.15, 0.2) is 5.13 Å². The first-order chi connectivity index (χ1) is 17.7. The number of amides is 1. The van der Waals surface area contributed by atoms with Crippen LogP contribution in [-0.2, 0) is 14.3 Å². The molecule has 1 fully saturated rings. The molecule has 0 spiro atoms. The molecule has 10 heteroatoms. The average Bonchev–Trinajstić information content (AvgIpc) is 3.38. The summed E-state index contributed by atoms with van der Waals surface area (Å²) in [4.78, 5) is 44.7. The minimum absolute atomic E-state index is 0.106. The number of carbonyl (C=O) groups is 3. The molecule has 0 bridgehead atoms. The number of aliphatic hydroxyl groups is 1. The first kappa shape index (κ1) is 26.4. The topological polar surface area (TPSA) is 106 Å². The molecule has 1 amide bonds. The quantitative estimate of drug-likeness (QED) is 0.179. The zero-order chi connectivity index (χ0) is 26.9. The molecule has 1 N–H and O–H groups in total. The first-order valence-electron chi connectivity index (χ1n) is 11.5. The smallest absolute Gasteiger partial charge is 0.350 e. The molecular formula is C27H25ClN2O6S. The molecule has 37 heavy (non-hydrogen) atoms. The lowest BCUT2D eigenvalue weighted by Gasteiger charge is -2.23. The Balaban J connectivity index is 1.90. The summed E-state index contributed by atoms with van der Waals surface area (Å²) in [6, 6.07) is 10.8. The third-order valence-corrected chi connectivity index (χ3v) is 7.27. The van der Waals surface area contributed by atoms with Gasteiger partial charge in [0.2, 0.25) is 0 Å². The Kier molecular flexibility index (Phi) is 7.65. The van der Waals surface area contributed by atoms with E-state index in [9.17, 15) is 19.5 Å². The number of aromatic nitrogens is 1. The van der Waals surface area contributed by atoms with Gasteiger partial charge in [-0.25, -0.2) is 9.78 Å². The summed E-state index contributed by atoms with van der Waals surface area (Å²) in [5, 5.41) is 11.9. The van der Waals surface area contributed by atoms with Crippen LogP contribution in [0.15, 0.2) is 48.0 Å². The summed E-state index contributed by atoms with van der Waals surface area (Å²) in [5.41, 5.74) is 1.81. The Bertz CT molecular complexity index is 1430. The lowest BCUT2D eigenvalue weighted by molar-refractivity contribution is -0.132. The standard InChI is InChI=1S/C27H25ClN2O6S/c1-5-11-36-18-9-10-19(14(2)12-18)22(31)20-21(16-7-6-8-17(28)13-16)30(25(33)23(20)32)27-29-15(3)24(37-27)26(34)35-4/h6-10,12-13,21,31H,5,11H2,1-4H3/t21-/m1/s1. The van der Waals surface area contributed by atoms with Gasteiger partial charge in [0.05, 0.1) is 31.0 Å². The Morgan fingerprint density at radius 1 is 1.19 bits per heavy atom. The van der Waals surface area contributed by atoms with E-state index in [1.165, 1.54) is 12.0 Å². The van der Waals surface area contributed by atoms with Crippen molar-refractivity contribution in [3.8, 4) is 5.75 Å². The van der Waals surface area contributed by atoms with Crippen LogP contribution in [0.1, 0.15) is 51.4 Å². The number of aliphatic hydroxyl groups excluding tert-OH is 1. The van der Waals surface area contributed by atoms with Gasteiger partial charge >= 0.3 is 11.9 Å². The molecule has 0 radical (unpaired) electrons. The van der Waals surface area contributed by atoms with Gasteiger partial charge in [0.25, 0.3) is 5.78 Å². The van der Waals surface area contributed by atoms with Crippen molar-refractivity contribution in [1.82, 2.24) is 4.98 Å². The van der Waals surface area contributed by atoms with E-state index in [2.05, 4.69) is 4.98 Å². The van der Waals surface area contributed by atoms with Crippen LogP contribution in [0.3, 0.4) is 0 Å². The van der Waals surface area contributed by atoms with Gasteiger partial charge in [0.1, 0.15) is 16.4 Å². The summed E-state index contributed by atoms with van der Waals surface area (Å²) in [6.07, 6.45) is 0.845. The third kappa shape index (κ3) is 4.97. The SMILES string of the molecule is CCCOc1ccc(C(O)=C2C(=O)C(=O)N(c3nc(C)c(C(=O)OC)s3)[C@@H]2c2cccc(Cl)c2)c(C)c1. The highest BCUT2D eigenvalue weighted by atomic mass is 35.5. The van der Waals surface area contributed by atoms with Crippen LogP contribution in [0.2, 0.25) is 5.02 Å². The van der Waals surface area contributed by atoms with Crippen molar-refractivity contribution >= 4 is 51.5 Å². The maximum atomic E-state index is 13.4. The molecule has 3 aromatic rings. The molecule has 2 heterocycles. The molecule has 1 aromatic heterocycles. The number of anilines is 1. The summed E-state index contributed by atoms with van der Waals surface area (Å²) >= 11 is 7.19. The predicted molar refractivity (Wildman–Crippen MR) is 141 cm³/mol. The van der Waals surface area contributed by atoms with E-state index in [0.29, 0.717) is 39.8 Å². The van der Waals surface area contributed by atoms with Crippen LogP contribution >= 0.6 is 22.9 Å². The molecule has 8 nitrogen and oxygen atoms in total. The molecule has 1 atom stereocenters. The van der Waals surface area contributed by atoms with Gasteiger partial charge in [-0.2, -0.15) is 0 Å². The number of benzene rings is 2. The van der Waals surface area contributed by atoms with Gasteiger partial charge < -0.3 is 14.6 Å². The number of hydrogen-bond acceptors (Lipinski definition) is 8. The van der Waals surface area contributed by atoms with Crippen molar-refractivity contribution in [2.45, 2.75) is 33.2 Å². The van der Waals surface area contributed by atoms with E-state index >= 15 is 0 Å². The third-order valence-electron chi connectivity index (χ3n) is 5.90. The molecule has 0 unspecified atom stereocenters. The van der Waals surface area contributed by atoms with Crippen molar-refractivity contribution in [2.24, 2.45) is 0 Å². The lowest BCUT2D eigenvalue weighted by atomic mass is 9.94. The minimum Gasteiger partial charge on any atom is -0.507 e. The first-order valence-corrected chi connectivity index (χ1v) is 12.7. The Hall–Kier alpha value is -3.69. The maximum absolute atomic E-state index is 13.4. The fraction of sp³-hybridized carbons (Fsp3) is 0.259. The van der Waals surface area contributed by atoms with Gasteiger partial charge in [-0.1, -0.05) is 42.0 Å². The number of halogens is 1. The number of Topliss-reactive ketones (excluding diaryl/α,β-unsaturated/α-hetero) is 1. The largest absolute Gasteiger partial charge is 0.507 e. The average molecular weight is 541 g/mol. The summed E-state index contributed by atoms with van der Waals surface area (Å²) in [7, 11) is 1.25. The fourth-order valence-electron chi connectivity index (χ4n) is 4.15. The van der Waals surface area contributed by atoms with Crippen LogP contribution in [0.25, 0.3) is 5.76 Å². The van der Waals surface area contributed by atoms with Crippen molar-refractivity contribution in [1.29, 1.82) is 0 Å². The van der Waals surface area contributed by atoms with E-state index < -0.39 is 23.7 Å². The Morgan fingerprint density at radius 2 is 1.95 bits per heavy atom. The van der Waals surface area contributed by atoms with Gasteiger partial charge in [-0.15, -0.1) is 0 Å². The summed E-state index contributed by atoms with van der Waals surface area (Å²) in [6.45, 7) is 5.94. The molecule has 2 aromatic carbocycles. The number of esters is 1. The van der Waals surface area contributed by atoms with E-state index in [4.69, 9.17) is 21.1 Å². The maximum Gasteiger partial charge on any atom is 0.350 e. The van der Waals surface area contributed by atoms with E-state index in [1.807, 2.05) is 6.92 Å². The number of aryl methyl sites for hydroxylation is 2. The number of thiazole rings is 1. The molecule has 1 aliphatic heterocycles. The van der Waals surface area contributed by atoms with E-state index in [-0.39, 0.29) is 21.3 Å². The van der Waals surface area contributed by atoms with Crippen molar-refractivity contribution in [2.75, 3.05) is 18.6 Å². The van der Waals surface area contributed by atoms with Crippen LogP contribution in [0.4, 0.5) is 5.13 Å². The van der Waals surface area contributed by atoms with Crippen molar-refractivity contribution in [3.05, 3.63) is 80.3 Å². The second-order valence-electron chi connectivity index (χ2n) is 8.45. The lowest BCUT2D eigenvalue weighted by Crippen LogP contribution is -2.29. The van der Waals surface area contributed by atoms with E-state index in [1.54, 1.807) is 56.3 Å². The normalized spacial score (nSPS) is 16.8. The number of rotatable bonds is 7. The fourth-order valence-corrected chi connectivity index (χ4v) is 5.36. The number of ketones is 1. The second kappa shape index (κ2) is 10.7. The number of ether oxygens (including phenoxy) is 2. The summed E-state index contributed by atoms with van der Waals surface area (Å²) < 4.78 is 10.5. The monoisotopic (exact) mass is 540 g/mol. The van der Waals surface area contributed by atoms with Crippen LogP contribution in [0.5, 0.6) is 5.75 Å². The number of nitrogens with zero attached hydrogens (tertiary/aromatic N) is 2. The number of carbonyl (C=O) groups excluding carboxylic acids is 3. The highest BCUT2D eigenvalue weighted by molar-refractivity contribution is 7.17. The molecule has 1 saturated heterocycles. The Labute approximate surface area is 223 Å². The molecule has 192 valence electrons. The van der Waals surface area contributed by atoms with Gasteiger partial charge in [-0.05, 0) is 61.7 Å². The highest BCUT2D eigenvalue weighted by Gasteiger charge is 2.48. The highest BCUT2D eigenvalue weighted by Crippen LogP contribution is 2.44. The molecule has 1 aliphatic rings. The zero-order valence-corrected chi connectivity index (χ0v) is 22.3. The predicted octanol–water partition coefficient (Wildman–Crippen LogP) is 5.62. The van der Waals surface area contributed by atoms with Crippen molar-refractivity contribution in [3.63, 3.8) is 0 Å². The molecular weight excluding hydrogens is 516 g/mol. The van der Waals surface area contributed by atoms with Crippen LogP contribution in [0, 0.1) is 13.8 Å². The Morgan fingerprint density at radius 3 is 2.59 bits per heavy atom. The number of hydrogen-bond donors (Lipinski definition) is 1. The van der Waals surface area contributed by atoms with Crippen LogP contribution in [-0.4, -0.2) is 41.5 Å². The minimum atomic E-state index is -1.02. The summed E-state index contributed by atoms with van der Waals surface area (Å²) in [5.74, 6) is -2.04. The molecule has 0 saturated carbocycles.